The van der Waals surface area contributed by atoms with Crippen LogP contribution in [0.1, 0.15) is 17.0 Å². The zero-order chi connectivity index (χ0) is 13.7. The van der Waals surface area contributed by atoms with Gasteiger partial charge in [0.2, 0.25) is 0 Å². The molecule has 0 aliphatic heterocycles. The Morgan fingerprint density at radius 2 is 1.74 bits per heavy atom. The van der Waals surface area contributed by atoms with Gasteiger partial charge in [-0.1, -0.05) is 42.5 Å². The highest BCUT2D eigenvalue weighted by Gasteiger charge is 2.21. The number of phenols is 1. The summed E-state index contributed by atoms with van der Waals surface area (Å²) >= 11 is 0. The maximum atomic E-state index is 11.9. The highest BCUT2D eigenvalue weighted by Crippen LogP contribution is 2.23. The SMILES string of the molecule is COC(=O)[C@H](Cc1ccc(O)cc1)c1ccccc1. The van der Waals surface area contributed by atoms with Gasteiger partial charge in [-0.15, -0.1) is 0 Å². The lowest BCUT2D eigenvalue weighted by Crippen LogP contribution is -2.16. The number of carbonyl (C=O) groups is 1. The lowest BCUT2D eigenvalue weighted by molar-refractivity contribution is -0.142. The summed E-state index contributed by atoms with van der Waals surface area (Å²) in [4.78, 5) is 11.9. The van der Waals surface area contributed by atoms with Gasteiger partial charge < -0.3 is 9.84 Å². The van der Waals surface area contributed by atoms with Gasteiger partial charge in [0.25, 0.3) is 0 Å². The van der Waals surface area contributed by atoms with Crippen LogP contribution in [-0.2, 0) is 16.0 Å². The molecule has 3 nitrogen and oxygen atoms in total. The van der Waals surface area contributed by atoms with Gasteiger partial charge in [0.1, 0.15) is 5.75 Å². The van der Waals surface area contributed by atoms with Gasteiger partial charge in [0.15, 0.2) is 0 Å². The van der Waals surface area contributed by atoms with Gasteiger partial charge in [-0.05, 0) is 29.7 Å². The summed E-state index contributed by atoms with van der Waals surface area (Å²) in [6.07, 6.45) is 0.553. The minimum Gasteiger partial charge on any atom is -0.508 e. The molecule has 0 aliphatic carbocycles. The Hall–Kier alpha value is -2.29. The van der Waals surface area contributed by atoms with Crippen LogP contribution < -0.4 is 0 Å². The molecular weight excluding hydrogens is 240 g/mol. The molecule has 19 heavy (non-hydrogen) atoms. The number of rotatable bonds is 4. The predicted octanol–water partition coefficient (Wildman–Crippen LogP) is 2.89. The van der Waals surface area contributed by atoms with Crippen molar-refractivity contribution in [2.75, 3.05) is 7.11 Å². The molecule has 0 radical (unpaired) electrons. The Labute approximate surface area is 112 Å². The van der Waals surface area contributed by atoms with Crippen molar-refractivity contribution in [3.05, 3.63) is 65.7 Å². The van der Waals surface area contributed by atoms with Crippen LogP contribution in [0.15, 0.2) is 54.6 Å². The Balaban J connectivity index is 2.24. The van der Waals surface area contributed by atoms with Crippen molar-refractivity contribution in [1.82, 2.24) is 0 Å². The van der Waals surface area contributed by atoms with Crippen LogP contribution in [0.25, 0.3) is 0 Å². The fraction of sp³-hybridized carbons (Fsp3) is 0.188. The molecular formula is C16H16O3. The molecule has 2 aromatic carbocycles. The predicted molar refractivity (Wildman–Crippen MR) is 73.0 cm³/mol. The van der Waals surface area contributed by atoms with Crippen LogP contribution in [0, 0.1) is 0 Å². The topological polar surface area (TPSA) is 46.5 Å². The number of phenolic OH excluding ortho intramolecular Hbond substituents is 1. The number of benzene rings is 2. The molecule has 0 aromatic heterocycles. The van der Waals surface area contributed by atoms with Gasteiger partial charge in [0.05, 0.1) is 13.0 Å². The first-order valence-electron chi connectivity index (χ1n) is 6.11. The first-order valence-corrected chi connectivity index (χ1v) is 6.11. The number of carbonyl (C=O) groups excluding carboxylic acids is 1. The minimum atomic E-state index is -0.323. The van der Waals surface area contributed by atoms with Crippen LogP contribution in [0.2, 0.25) is 0 Å². The molecule has 0 spiro atoms. The third-order valence-electron chi connectivity index (χ3n) is 3.06. The first-order chi connectivity index (χ1) is 9.20. The second-order valence-electron chi connectivity index (χ2n) is 4.36. The summed E-state index contributed by atoms with van der Waals surface area (Å²) in [5.41, 5.74) is 1.92. The monoisotopic (exact) mass is 256 g/mol. The third kappa shape index (κ3) is 3.35. The number of ether oxygens (including phenoxy) is 1. The smallest absolute Gasteiger partial charge is 0.313 e. The maximum Gasteiger partial charge on any atom is 0.313 e. The molecule has 2 aromatic rings. The van der Waals surface area contributed by atoms with Crippen LogP contribution >= 0.6 is 0 Å². The number of esters is 1. The van der Waals surface area contributed by atoms with Crippen LogP contribution in [0.4, 0.5) is 0 Å². The molecule has 0 aliphatic rings. The summed E-state index contributed by atoms with van der Waals surface area (Å²) < 4.78 is 4.87. The average Bonchev–Trinajstić information content (AvgIpc) is 2.47. The summed E-state index contributed by atoms with van der Waals surface area (Å²) in [6, 6.07) is 16.4. The third-order valence-corrected chi connectivity index (χ3v) is 3.06. The van der Waals surface area contributed by atoms with Gasteiger partial charge in [-0.25, -0.2) is 0 Å². The zero-order valence-corrected chi connectivity index (χ0v) is 10.7. The summed E-state index contributed by atoms with van der Waals surface area (Å²) in [5, 5.41) is 9.27. The second kappa shape index (κ2) is 6.05. The summed E-state index contributed by atoms with van der Waals surface area (Å²) in [6.45, 7) is 0. The van der Waals surface area contributed by atoms with Gasteiger partial charge in [0, 0.05) is 0 Å². The molecule has 0 heterocycles. The highest BCUT2D eigenvalue weighted by molar-refractivity contribution is 5.78. The van der Waals surface area contributed by atoms with Gasteiger partial charge in [-0.3, -0.25) is 4.79 Å². The van der Waals surface area contributed by atoms with E-state index in [-0.39, 0.29) is 17.6 Å². The van der Waals surface area contributed by atoms with Gasteiger partial charge >= 0.3 is 5.97 Å². The molecule has 0 bridgehead atoms. The molecule has 0 unspecified atom stereocenters. The molecule has 3 heteroatoms. The molecule has 0 saturated carbocycles. The van der Waals surface area contributed by atoms with E-state index in [9.17, 15) is 9.90 Å². The van der Waals surface area contributed by atoms with E-state index in [1.165, 1.54) is 7.11 Å². The second-order valence-corrected chi connectivity index (χ2v) is 4.36. The number of hydrogen-bond donors (Lipinski definition) is 1. The fourth-order valence-electron chi connectivity index (χ4n) is 2.03. The van der Waals surface area contributed by atoms with E-state index >= 15 is 0 Å². The van der Waals surface area contributed by atoms with E-state index in [0.29, 0.717) is 6.42 Å². The van der Waals surface area contributed by atoms with Crippen molar-refractivity contribution in [1.29, 1.82) is 0 Å². The van der Waals surface area contributed by atoms with Crippen LogP contribution in [-0.4, -0.2) is 18.2 Å². The molecule has 2 rings (SSSR count). The van der Waals surface area contributed by atoms with Crippen molar-refractivity contribution in [3.63, 3.8) is 0 Å². The van der Waals surface area contributed by atoms with E-state index in [0.717, 1.165) is 11.1 Å². The van der Waals surface area contributed by atoms with Crippen molar-refractivity contribution in [2.24, 2.45) is 0 Å². The standard InChI is InChI=1S/C16H16O3/c1-19-16(18)15(13-5-3-2-4-6-13)11-12-7-9-14(17)10-8-12/h2-10,15,17H,11H2,1H3/t15-/m1/s1. The number of methoxy groups -OCH3 is 1. The lowest BCUT2D eigenvalue weighted by atomic mass is 9.92. The molecule has 98 valence electrons. The molecule has 0 fully saturated rings. The fourth-order valence-corrected chi connectivity index (χ4v) is 2.03. The normalized spacial score (nSPS) is 11.8. The largest absolute Gasteiger partial charge is 0.508 e. The maximum absolute atomic E-state index is 11.9. The Kier molecular flexibility index (Phi) is 4.18. The van der Waals surface area contributed by atoms with E-state index in [4.69, 9.17) is 4.74 Å². The Morgan fingerprint density at radius 3 is 2.32 bits per heavy atom. The highest BCUT2D eigenvalue weighted by atomic mass is 16.5. The van der Waals surface area contributed by atoms with Gasteiger partial charge in [-0.2, -0.15) is 0 Å². The van der Waals surface area contributed by atoms with Crippen LogP contribution in [0.5, 0.6) is 5.75 Å². The van der Waals surface area contributed by atoms with Crippen molar-refractivity contribution >= 4 is 5.97 Å². The average molecular weight is 256 g/mol. The van der Waals surface area contributed by atoms with Crippen molar-refractivity contribution < 1.29 is 14.6 Å². The van der Waals surface area contributed by atoms with Crippen molar-refractivity contribution in [3.8, 4) is 5.75 Å². The Bertz CT molecular complexity index is 532. The Morgan fingerprint density at radius 1 is 1.11 bits per heavy atom. The number of hydrogen-bond acceptors (Lipinski definition) is 3. The first kappa shape index (κ1) is 13.1. The quantitative estimate of drug-likeness (QED) is 0.856. The lowest BCUT2D eigenvalue weighted by Gasteiger charge is -2.15. The summed E-state index contributed by atoms with van der Waals surface area (Å²) in [7, 11) is 1.40. The van der Waals surface area contributed by atoms with Crippen LogP contribution in [0.3, 0.4) is 0 Å². The van der Waals surface area contributed by atoms with E-state index < -0.39 is 0 Å². The number of aromatic hydroxyl groups is 1. The molecule has 0 saturated heterocycles. The van der Waals surface area contributed by atoms with Crippen molar-refractivity contribution in [2.45, 2.75) is 12.3 Å². The van der Waals surface area contributed by atoms with E-state index in [1.54, 1.807) is 12.1 Å². The molecule has 1 N–H and O–H groups in total. The molecule has 0 amide bonds. The van der Waals surface area contributed by atoms with E-state index in [1.807, 2.05) is 42.5 Å². The molecule has 1 atom stereocenters. The zero-order valence-electron chi connectivity index (χ0n) is 10.7. The van der Waals surface area contributed by atoms with E-state index in [2.05, 4.69) is 0 Å². The minimum absolute atomic E-state index is 0.220. The summed E-state index contributed by atoms with van der Waals surface area (Å²) in [5.74, 6) is -0.354.